The number of rotatable bonds is 5. The molecule has 1 aliphatic heterocycles. The molecule has 1 aliphatic rings. The Morgan fingerprint density at radius 1 is 1.15 bits per heavy atom. The van der Waals surface area contributed by atoms with Gasteiger partial charge in [-0.1, -0.05) is 30.3 Å². The first kappa shape index (κ1) is 16.7. The van der Waals surface area contributed by atoms with E-state index in [4.69, 9.17) is 9.97 Å². The molecule has 26 heavy (non-hydrogen) atoms. The second-order valence-corrected chi connectivity index (χ2v) is 6.54. The first-order chi connectivity index (χ1) is 12.8. The summed E-state index contributed by atoms with van der Waals surface area (Å²) in [5.41, 5.74) is 3.40. The maximum absolute atomic E-state index is 4.86. The van der Waals surface area contributed by atoms with Gasteiger partial charge in [-0.25, -0.2) is 19.6 Å². The minimum Gasteiger partial charge on any atom is -0.368 e. The number of hydrogen-bond donors (Lipinski definition) is 2. The lowest BCUT2D eigenvalue weighted by atomic mass is 10.1. The van der Waals surface area contributed by atoms with Gasteiger partial charge in [-0.15, -0.1) is 0 Å². The molecule has 3 heterocycles. The van der Waals surface area contributed by atoms with Crippen molar-refractivity contribution in [3.8, 4) is 11.4 Å². The van der Waals surface area contributed by atoms with E-state index < -0.39 is 0 Å². The number of fused-ring (bicyclic) bond motifs is 1. The third-order valence-corrected chi connectivity index (χ3v) is 4.67. The Bertz CT molecular complexity index is 846. The van der Waals surface area contributed by atoms with Crippen LogP contribution in [0.3, 0.4) is 0 Å². The standard InChI is InChI=1S/C19H23N7/c1-14(26-13-21-12-23-26)11-22-19-16-7-9-20-10-8-17(16)24-18(25-19)15-5-3-2-4-6-15/h2-6,12-14,20H,7-11H2,1H3,(H,22,24,25). The number of anilines is 1. The zero-order valence-electron chi connectivity index (χ0n) is 14.9. The predicted molar refractivity (Wildman–Crippen MR) is 101 cm³/mol. The van der Waals surface area contributed by atoms with Crippen molar-refractivity contribution >= 4 is 5.82 Å². The van der Waals surface area contributed by atoms with Crippen molar-refractivity contribution in [2.24, 2.45) is 0 Å². The Balaban J connectivity index is 1.65. The lowest BCUT2D eigenvalue weighted by molar-refractivity contribution is 0.510. The lowest BCUT2D eigenvalue weighted by Crippen LogP contribution is -2.19. The SMILES string of the molecule is CC(CNc1nc(-c2ccccc2)nc2c1CCNCC2)n1cncn1. The van der Waals surface area contributed by atoms with Gasteiger partial charge in [0.15, 0.2) is 5.82 Å². The van der Waals surface area contributed by atoms with Gasteiger partial charge in [0.25, 0.3) is 0 Å². The summed E-state index contributed by atoms with van der Waals surface area (Å²) in [4.78, 5) is 13.7. The number of hydrogen-bond acceptors (Lipinski definition) is 6. The van der Waals surface area contributed by atoms with Crippen LogP contribution in [0.5, 0.6) is 0 Å². The molecule has 0 spiro atoms. The minimum absolute atomic E-state index is 0.187. The van der Waals surface area contributed by atoms with Crippen LogP contribution in [0.2, 0.25) is 0 Å². The molecule has 1 aromatic carbocycles. The van der Waals surface area contributed by atoms with Gasteiger partial charge < -0.3 is 10.6 Å². The summed E-state index contributed by atoms with van der Waals surface area (Å²) in [6.45, 7) is 4.75. The van der Waals surface area contributed by atoms with Crippen LogP contribution in [-0.4, -0.2) is 44.4 Å². The van der Waals surface area contributed by atoms with E-state index in [9.17, 15) is 0 Å². The molecule has 0 saturated heterocycles. The summed E-state index contributed by atoms with van der Waals surface area (Å²) in [6.07, 6.45) is 5.16. The van der Waals surface area contributed by atoms with Crippen LogP contribution < -0.4 is 10.6 Å². The maximum atomic E-state index is 4.86. The average Bonchev–Trinajstić information content (AvgIpc) is 3.12. The first-order valence-electron chi connectivity index (χ1n) is 9.05. The Kier molecular flexibility index (Phi) is 4.88. The number of benzene rings is 1. The van der Waals surface area contributed by atoms with E-state index in [1.54, 1.807) is 12.7 Å². The van der Waals surface area contributed by atoms with Crippen LogP contribution in [0, 0.1) is 0 Å². The molecule has 0 aliphatic carbocycles. The van der Waals surface area contributed by atoms with Crippen LogP contribution in [0.15, 0.2) is 43.0 Å². The molecule has 1 atom stereocenters. The molecule has 1 unspecified atom stereocenters. The second kappa shape index (κ2) is 7.61. The van der Waals surface area contributed by atoms with Gasteiger partial charge in [-0.2, -0.15) is 5.10 Å². The zero-order chi connectivity index (χ0) is 17.8. The summed E-state index contributed by atoms with van der Waals surface area (Å²) in [5, 5.41) is 11.2. The number of nitrogens with one attached hydrogen (secondary N) is 2. The average molecular weight is 349 g/mol. The largest absolute Gasteiger partial charge is 0.368 e. The van der Waals surface area contributed by atoms with Crippen LogP contribution >= 0.6 is 0 Å². The second-order valence-electron chi connectivity index (χ2n) is 6.54. The topological polar surface area (TPSA) is 80.5 Å². The highest BCUT2D eigenvalue weighted by Crippen LogP contribution is 2.24. The maximum Gasteiger partial charge on any atom is 0.161 e. The third-order valence-electron chi connectivity index (χ3n) is 4.67. The Morgan fingerprint density at radius 2 is 2.00 bits per heavy atom. The van der Waals surface area contributed by atoms with E-state index >= 15 is 0 Å². The molecule has 2 N–H and O–H groups in total. The van der Waals surface area contributed by atoms with Crippen molar-refractivity contribution in [2.45, 2.75) is 25.8 Å². The van der Waals surface area contributed by atoms with Crippen molar-refractivity contribution < 1.29 is 0 Å². The van der Waals surface area contributed by atoms with Crippen molar-refractivity contribution in [3.63, 3.8) is 0 Å². The summed E-state index contributed by atoms with van der Waals surface area (Å²) in [5.74, 6) is 1.71. The molecule has 7 heteroatoms. The highest BCUT2D eigenvalue weighted by atomic mass is 15.3. The summed E-state index contributed by atoms with van der Waals surface area (Å²) >= 11 is 0. The van der Waals surface area contributed by atoms with Crippen molar-refractivity contribution in [3.05, 3.63) is 54.2 Å². The molecule has 2 aromatic heterocycles. The van der Waals surface area contributed by atoms with Gasteiger partial charge in [-0.3, -0.25) is 0 Å². The molecule has 0 saturated carbocycles. The van der Waals surface area contributed by atoms with Gasteiger partial charge in [0.05, 0.1) is 11.7 Å². The molecule has 134 valence electrons. The molecule has 3 aromatic rings. The highest BCUT2D eigenvalue weighted by molar-refractivity contribution is 5.60. The van der Waals surface area contributed by atoms with Gasteiger partial charge >= 0.3 is 0 Å². The van der Waals surface area contributed by atoms with E-state index in [0.717, 1.165) is 55.4 Å². The van der Waals surface area contributed by atoms with E-state index in [-0.39, 0.29) is 6.04 Å². The molecular formula is C19H23N7. The summed E-state index contributed by atoms with van der Waals surface area (Å²) in [6, 6.07) is 10.3. The molecule has 0 bridgehead atoms. The van der Waals surface area contributed by atoms with Crippen LogP contribution in [0.1, 0.15) is 24.2 Å². The molecule has 0 amide bonds. The minimum atomic E-state index is 0.187. The fourth-order valence-electron chi connectivity index (χ4n) is 3.19. The molecule has 7 nitrogen and oxygen atoms in total. The smallest absolute Gasteiger partial charge is 0.161 e. The lowest BCUT2D eigenvalue weighted by Gasteiger charge is -2.17. The molecule has 0 fully saturated rings. The van der Waals surface area contributed by atoms with E-state index in [1.807, 2.05) is 22.9 Å². The normalized spacial score (nSPS) is 15.1. The van der Waals surface area contributed by atoms with E-state index in [0.29, 0.717) is 0 Å². The summed E-state index contributed by atoms with van der Waals surface area (Å²) < 4.78 is 1.85. The fourth-order valence-corrected chi connectivity index (χ4v) is 3.19. The van der Waals surface area contributed by atoms with Crippen molar-refractivity contribution in [1.82, 2.24) is 30.0 Å². The number of aromatic nitrogens is 5. The Labute approximate surface area is 152 Å². The zero-order valence-corrected chi connectivity index (χ0v) is 14.9. The third kappa shape index (κ3) is 3.57. The van der Waals surface area contributed by atoms with Crippen LogP contribution in [-0.2, 0) is 12.8 Å². The van der Waals surface area contributed by atoms with Gasteiger partial charge in [-0.05, 0) is 19.9 Å². The molecular weight excluding hydrogens is 326 g/mol. The van der Waals surface area contributed by atoms with E-state index in [1.165, 1.54) is 5.56 Å². The van der Waals surface area contributed by atoms with E-state index in [2.05, 4.69) is 39.8 Å². The van der Waals surface area contributed by atoms with Gasteiger partial charge in [0, 0.05) is 30.6 Å². The Morgan fingerprint density at radius 3 is 2.81 bits per heavy atom. The highest BCUT2D eigenvalue weighted by Gasteiger charge is 2.18. The summed E-state index contributed by atoms with van der Waals surface area (Å²) in [7, 11) is 0. The van der Waals surface area contributed by atoms with Crippen molar-refractivity contribution in [1.29, 1.82) is 0 Å². The molecule has 0 radical (unpaired) electrons. The van der Waals surface area contributed by atoms with Gasteiger partial charge in [0.1, 0.15) is 18.5 Å². The molecule has 4 rings (SSSR count). The Hall–Kier alpha value is -2.80. The van der Waals surface area contributed by atoms with Crippen LogP contribution in [0.25, 0.3) is 11.4 Å². The monoisotopic (exact) mass is 349 g/mol. The predicted octanol–water partition coefficient (Wildman–Crippen LogP) is 2.10. The quantitative estimate of drug-likeness (QED) is 0.734. The van der Waals surface area contributed by atoms with Crippen molar-refractivity contribution in [2.75, 3.05) is 25.0 Å². The van der Waals surface area contributed by atoms with Gasteiger partial charge in [0.2, 0.25) is 0 Å². The number of nitrogens with zero attached hydrogens (tertiary/aromatic N) is 5. The van der Waals surface area contributed by atoms with Crippen LogP contribution in [0.4, 0.5) is 5.82 Å². The first-order valence-corrected chi connectivity index (χ1v) is 9.05. The fraction of sp³-hybridized carbons (Fsp3) is 0.368.